The minimum Gasteiger partial charge on any atom is -0.508 e. The third kappa shape index (κ3) is 4.73. The molecule has 4 heteroatoms. The van der Waals surface area contributed by atoms with E-state index in [-0.39, 0.29) is 13.8 Å². The van der Waals surface area contributed by atoms with E-state index in [1.807, 2.05) is 0 Å². The predicted molar refractivity (Wildman–Crippen MR) is 73.4 cm³/mol. The van der Waals surface area contributed by atoms with Crippen LogP contribution in [0.1, 0.15) is 27.7 Å². The fraction of sp³-hybridized carbons (Fsp3) is 0.0667. The molecular weight excluding hydrogens is 244 g/mol. The summed E-state index contributed by atoms with van der Waals surface area (Å²) in [5.41, 5.74) is 1.74. The van der Waals surface area contributed by atoms with Crippen molar-refractivity contribution in [1.82, 2.24) is 0 Å². The number of hydrogen-bond acceptors (Lipinski definition) is 4. The van der Waals surface area contributed by atoms with E-state index in [0.717, 1.165) is 12.6 Å². The molecule has 0 aliphatic carbocycles. The van der Waals surface area contributed by atoms with Crippen LogP contribution in [0.5, 0.6) is 5.75 Å². The molecule has 0 spiro atoms. The SMILES string of the molecule is O=Cc1ccc(C=O)cc1.OCc1ccccc1O.[2HH]. The van der Waals surface area contributed by atoms with Gasteiger partial charge in [0.05, 0.1) is 6.61 Å². The largest absolute Gasteiger partial charge is 0.508 e. The molecule has 0 amide bonds. The van der Waals surface area contributed by atoms with E-state index in [9.17, 15) is 9.59 Å². The summed E-state index contributed by atoms with van der Waals surface area (Å²) < 4.78 is 0. The number of benzene rings is 2. The van der Waals surface area contributed by atoms with Crippen LogP contribution in [-0.2, 0) is 6.61 Å². The maximum Gasteiger partial charge on any atom is 0.150 e. The summed E-state index contributed by atoms with van der Waals surface area (Å²) in [5, 5.41) is 17.5. The van der Waals surface area contributed by atoms with E-state index in [4.69, 9.17) is 10.2 Å². The van der Waals surface area contributed by atoms with E-state index < -0.39 is 0 Å². The summed E-state index contributed by atoms with van der Waals surface area (Å²) >= 11 is 0. The smallest absolute Gasteiger partial charge is 0.150 e. The van der Waals surface area contributed by atoms with Gasteiger partial charge in [0, 0.05) is 18.1 Å². The van der Waals surface area contributed by atoms with Crippen LogP contribution in [0.15, 0.2) is 48.5 Å². The number of aromatic hydroxyl groups is 1. The lowest BCUT2D eigenvalue weighted by atomic mass is 10.2. The average molecular weight is 261 g/mol. The van der Waals surface area contributed by atoms with Gasteiger partial charge < -0.3 is 10.2 Å². The maximum absolute atomic E-state index is 10.1. The zero-order valence-electron chi connectivity index (χ0n) is 10.2. The molecular formula is C15H16O4. The molecule has 0 saturated carbocycles. The summed E-state index contributed by atoms with van der Waals surface area (Å²) in [6.07, 6.45) is 1.49. The molecule has 2 aromatic carbocycles. The number of hydrogen-bond donors (Lipinski definition) is 2. The van der Waals surface area contributed by atoms with E-state index in [1.54, 1.807) is 48.5 Å². The van der Waals surface area contributed by atoms with Gasteiger partial charge in [0.15, 0.2) is 0 Å². The molecule has 2 N–H and O–H groups in total. The van der Waals surface area contributed by atoms with Gasteiger partial charge in [-0.2, -0.15) is 0 Å². The minimum atomic E-state index is -0.104. The summed E-state index contributed by atoms with van der Waals surface area (Å²) in [6, 6.07) is 13.1. The topological polar surface area (TPSA) is 74.6 Å². The van der Waals surface area contributed by atoms with Crippen LogP contribution < -0.4 is 0 Å². The second-order valence-electron chi connectivity index (χ2n) is 3.69. The lowest BCUT2D eigenvalue weighted by molar-refractivity contribution is 0.111. The normalized spacial score (nSPS) is 9.11. The summed E-state index contributed by atoms with van der Waals surface area (Å²) in [5.74, 6) is 0.153. The zero-order valence-corrected chi connectivity index (χ0v) is 10.2. The third-order valence-electron chi connectivity index (χ3n) is 2.37. The van der Waals surface area contributed by atoms with Crippen molar-refractivity contribution >= 4 is 12.6 Å². The molecule has 4 nitrogen and oxygen atoms in total. The Kier molecular flexibility index (Phi) is 5.98. The number of aliphatic hydroxyl groups is 1. The van der Waals surface area contributed by atoms with Crippen molar-refractivity contribution in [2.24, 2.45) is 0 Å². The molecule has 0 unspecified atom stereocenters. The molecule has 2 rings (SSSR count). The fourth-order valence-corrected chi connectivity index (χ4v) is 1.30. The predicted octanol–water partition coefficient (Wildman–Crippen LogP) is 2.44. The molecule has 0 bridgehead atoms. The molecule has 2 aromatic rings. The van der Waals surface area contributed by atoms with Crippen LogP contribution in [0.2, 0.25) is 0 Å². The van der Waals surface area contributed by atoms with E-state index in [2.05, 4.69) is 0 Å². The second-order valence-corrected chi connectivity index (χ2v) is 3.69. The number of carbonyl (C=O) groups is 2. The quantitative estimate of drug-likeness (QED) is 0.832. The molecule has 0 atom stereocenters. The highest BCUT2D eigenvalue weighted by Crippen LogP contribution is 2.14. The van der Waals surface area contributed by atoms with Crippen molar-refractivity contribution in [1.29, 1.82) is 0 Å². The standard InChI is InChI=1S/C8H6O2.C7H8O2.H2/c9-5-7-1-2-8(6-10)4-3-7;8-5-6-3-1-2-4-7(6)9;/h1-6H;1-4,8-9H,5H2;1H/i;;1+1. The number of para-hydroxylation sites is 1. The Morgan fingerprint density at radius 2 is 1.37 bits per heavy atom. The Bertz CT molecular complexity index is 511. The van der Waals surface area contributed by atoms with Crippen molar-refractivity contribution in [2.45, 2.75) is 6.61 Å². The lowest BCUT2D eigenvalue weighted by Gasteiger charge is -1.96. The molecule has 0 heterocycles. The van der Waals surface area contributed by atoms with Gasteiger partial charge in [-0.3, -0.25) is 9.59 Å². The molecule has 0 aliphatic heterocycles. The fourth-order valence-electron chi connectivity index (χ4n) is 1.30. The van der Waals surface area contributed by atoms with Crippen LogP contribution in [-0.4, -0.2) is 22.8 Å². The van der Waals surface area contributed by atoms with Gasteiger partial charge >= 0.3 is 0 Å². The van der Waals surface area contributed by atoms with E-state index in [1.165, 1.54) is 0 Å². The van der Waals surface area contributed by atoms with Gasteiger partial charge in [-0.25, -0.2) is 0 Å². The van der Waals surface area contributed by atoms with Crippen molar-refractivity contribution in [3.05, 3.63) is 65.2 Å². The van der Waals surface area contributed by atoms with E-state index in [0.29, 0.717) is 16.7 Å². The first-order valence-corrected chi connectivity index (χ1v) is 5.59. The molecule has 0 fully saturated rings. The highest BCUT2D eigenvalue weighted by Gasteiger charge is 1.93. The first-order valence-electron chi connectivity index (χ1n) is 5.59. The maximum atomic E-state index is 10.1. The number of aliphatic hydroxyl groups excluding tert-OH is 1. The first-order chi connectivity index (χ1) is 9.21. The lowest BCUT2D eigenvalue weighted by Crippen LogP contribution is -1.81. The molecule has 0 aromatic heterocycles. The monoisotopic (exact) mass is 261 g/mol. The Morgan fingerprint density at radius 1 is 0.895 bits per heavy atom. The third-order valence-corrected chi connectivity index (χ3v) is 2.37. The summed E-state index contributed by atoms with van der Waals surface area (Å²) in [7, 11) is 0. The molecule has 19 heavy (non-hydrogen) atoms. The van der Waals surface area contributed by atoms with E-state index >= 15 is 0 Å². The summed E-state index contributed by atoms with van der Waals surface area (Å²) in [4.78, 5) is 20.2. The highest BCUT2D eigenvalue weighted by molar-refractivity contribution is 5.79. The van der Waals surface area contributed by atoms with Gasteiger partial charge in [-0.15, -0.1) is 0 Å². The molecule has 0 aliphatic rings. The summed E-state index contributed by atoms with van der Waals surface area (Å²) in [6.45, 7) is -0.104. The Hall–Kier alpha value is -2.46. The number of rotatable bonds is 3. The second kappa shape index (κ2) is 7.79. The molecule has 100 valence electrons. The first kappa shape index (κ1) is 14.6. The minimum absolute atomic E-state index is 0. The van der Waals surface area contributed by atoms with Gasteiger partial charge in [0.1, 0.15) is 18.3 Å². The van der Waals surface area contributed by atoms with Crippen LogP contribution in [0, 0.1) is 0 Å². The molecule has 0 saturated heterocycles. The van der Waals surface area contributed by atoms with Crippen LogP contribution >= 0.6 is 0 Å². The van der Waals surface area contributed by atoms with Gasteiger partial charge in [-0.1, -0.05) is 42.5 Å². The van der Waals surface area contributed by atoms with Crippen molar-refractivity contribution < 1.29 is 21.2 Å². The van der Waals surface area contributed by atoms with Crippen LogP contribution in [0.4, 0.5) is 0 Å². The molecule has 0 radical (unpaired) electrons. The van der Waals surface area contributed by atoms with Crippen LogP contribution in [0.25, 0.3) is 0 Å². The number of aldehydes is 2. The zero-order chi connectivity index (χ0) is 14.1. The van der Waals surface area contributed by atoms with Crippen molar-refractivity contribution in [3.8, 4) is 5.75 Å². The van der Waals surface area contributed by atoms with Gasteiger partial charge in [0.25, 0.3) is 0 Å². The van der Waals surface area contributed by atoms with Gasteiger partial charge in [-0.05, 0) is 6.07 Å². The Labute approximate surface area is 112 Å². The van der Waals surface area contributed by atoms with Crippen molar-refractivity contribution in [3.63, 3.8) is 0 Å². The number of phenols is 1. The Balaban J connectivity index is 0.000000345. The average Bonchev–Trinajstić information content (AvgIpc) is 2.48. The number of carbonyl (C=O) groups excluding carboxylic acids is 2. The van der Waals surface area contributed by atoms with Crippen molar-refractivity contribution in [2.75, 3.05) is 0 Å². The van der Waals surface area contributed by atoms with Gasteiger partial charge in [0.2, 0.25) is 0 Å². The highest BCUT2D eigenvalue weighted by atomic mass is 16.3. The van der Waals surface area contributed by atoms with Crippen LogP contribution in [0.3, 0.4) is 0 Å². The Morgan fingerprint density at radius 3 is 1.68 bits per heavy atom.